The number of nitrogen functional groups attached to an aromatic ring is 1. The maximum Gasteiger partial charge on any atom is 0.142 e. The Hall–Kier alpha value is -1.16. The monoisotopic (exact) mass is 178 g/mol. The molecule has 0 saturated carbocycles. The summed E-state index contributed by atoms with van der Waals surface area (Å²) in [5, 5.41) is 0. The van der Waals surface area contributed by atoms with Crippen LogP contribution in [0.3, 0.4) is 0 Å². The zero-order chi connectivity index (χ0) is 9.26. The average Bonchev–Trinajstić information content (AvgIpc) is 2.17. The molecular formula is C9H14N4. The Morgan fingerprint density at radius 2 is 2.38 bits per heavy atom. The van der Waals surface area contributed by atoms with Crippen molar-refractivity contribution in [2.24, 2.45) is 0 Å². The van der Waals surface area contributed by atoms with Gasteiger partial charge >= 0.3 is 0 Å². The summed E-state index contributed by atoms with van der Waals surface area (Å²) < 4.78 is 0. The normalized spacial score (nSPS) is 17.0. The molecule has 0 atom stereocenters. The maximum absolute atomic E-state index is 5.56. The predicted octanol–water partition coefficient (Wildman–Crippen LogP) is 0.437. The minimum absolute atomic E-state index is 0.531. The van der Waals surface area contributed by atoms with E-state index in [9.17, 15) is 0 Å². The van der Waals surface area contributed by atoms with Crippen LogP contribution in [0.25, 0.3) is 0 Å². The Labute approximate surface area is 77.8 Å². The van der Waals surface area contributed by atoms with E-state index in [4.69, 9.17) is 5.73 Å². The van der Waals surface area contributed by atoms with Gasteiger partial charge in [0.05, 0.1) is 17.6 Å². The quantitative estimate of drug-likeness (QED) is 0.678. The van der Waals surface area contributed by atoms with Crippen LogP contribution in [-0.4, -0.2) is 28.0 Å². The van der Waals surface area contributed by atoms with Gasteiger partial charge in [0, 0.05) is 19.5 Å². The van der Waals surface area contributed by atoms with E-state index >= 15 is 0 Å². The molecule has 70 valence electrons. The van der Waals surface area contributed by atoms with E-state index < -0.39 is 0 Å². The summed E-state index contributed by atoms with van der Waals surface area (Å²) in [5.74, 6) is 0.531. The van der Waals surface area contributed by atoms with E-state index in [-0.39, 0.29) is 0 Å². The van der Waals surface area contributed by atoms with Crippen molar-refractivity contribution in [2.75, 3.05) is 18.8 Å². The molecule has 4 nitrogen and oxygen atoms in total. The topological polar surface area (TPSA) is 55.0 Å². The number of likely N-dealkylation sites (N-methyl/N-ethyl adjacent to an activating group) is 1. The van der Waals surface area contributed by atoms with Crippen LogP contribution < -0.4 is 5.73 Å². The molecule has 0 amide bonds. The second-order valence-electron chi connectivity index (χ2n) is 3.31. The number of nitrogens with zero attached hydrogens (tertiary/aromatic N) is 3. The lowest BCUT2D eigenvalue weighted by atomic mass is 10.1. The van der Waals surface area contributed by atoms with Crippen molar-refractivity contribution in [2.45, 2.75) is 19.9 Å². The highest BCUT2D eigenvalue weighted by Crippen LogP contribution is 2.14. The van der Waals surface area contributed by atoms with Crippen LogP contribution in [0, 0.1) is 0 Å². The first kappa shape index (κ1) is 8.44. The lowest BCUT2D eigenvalue weighted by molar-refractivity contribution is 0.261. The highest BCUT2D eigenvalue weighted by Gasteiger charge is 2.16. The van der Waals surface area contributed by atoms with Crippen molar-refractivity contribution in [1.29, 1.82) is 0 Å². The second kappa shape index (κ2) is 3.30. The molecule has 2 rings (SSSR count). The molecule has 0 aliphatic carbocycles. The molecule has 0 saturated heterocycles. The van der Waals surface area contributed by atoms with Crippen molar-refractivity contribution >= 4 is 5.82 Å². The van der Waals surface area contributed by atoms with Gasteiger partial charge in [-0.2, -0.15) is 0 Å². The first-order valence-corrected chi connectivity index (χ1v) is 4.62. The number of aromatic nitrogens is 2. The van der Waals surface area contributed by atoms with Gasteiger partial charge in [-0.1, -0.05) is 6.92 Å². The van der Waals surface area contributed by atoms with Gasteiger partial charge in [0.2, 0.25) is 0 Å². The number of hydrogen-bond acceptors (Lipinski definition) is 4. The molecule has 0 unspecified atom stereocenters. The van der Waals surface area contributed by atoms with Gasteiger partial charge in [-0.15, -0.1) is 0 Å². The minimum atomic E-state index is 0.531. The Balaban J connectivity index is 2.26. The molecule has 0 aromatic carbocycles. The molecule has 1 aromatic heterocycles. The molecule has 13 heavy (non-hydrogen) atoms. The van der Waals surface area contributed by atoms with Crippen LogP contribution in [0.5, 0.6) is 0 Å². The molecule has 0 spiro atoms. The smallest absolute Gasteiger partial charge is 0.142 e. The molecular weight excluding hydrogens is 164 g/mol. The van der Waals surface area contributed by atoms with Crippen molar-refractivity contribution in [3.8, 4) is 0 Å². The van der Waals surface area contributed by atoms with Crippen LogP contribution in [-0.2, 0) is 13.0 Å². The lowest BCUT2D eigenvalue weighted by Gasteiger charge is -2.25. The predicted molar refractivity (Wildman–Crippen MR) is 51.1 cm³/mol. The average molecular weight is 178 g/mol. The summed E-state index contributed by atoms with van der Waals surface area (Å²) in [6, 6.07) is 0. The molecule has 2 heterocycles. The number of hydrogen-bond donors (Lipinski definition) is 1. The fourth-order valence-corrected chi connectivity index (χ4v) is 1.62. The highest BCUT2D eigenvalue weighted by atomic mass is 15.1. The summed E-state index contributed by atoms with van der Waals surface area (Å²) in [4.78, 5) is 10.9. The SMILES string of the molecule is CCN1CCc2nc(N)cnc2C1. The third-order valence-electron chi connectivity index (χ3n) is 2.44. The van der Waals surface area contributed by atoms with Gasteiger partial charge in [-0.25, -0.2) is 4.98 Å². The van der Waals surface area contributed by atoms with Crippen molar-refractivity contribution in [3.63, 3.8) is 0 Å². The summed E-state index contributed by atoms with van der Waals surface area (Å²) in [6.45, 7) is 5.22. The molecule has 2 N–H and O–H groups in total. The van der Waals surface area contributed by atoms with Crippen LogP contribution in [0.1, 0.15) is 18.3 Å². The van der Waals surface area contributed by atoms with Crippen molar-refractivity contribution < 1.29 is 0 Å². The van der Waals surface area contributed by atoms with Crippen LogP contribution in [0.4, 0.5) is 5.82 Å². The third kappa shape index (κ3) is 1.62. The van der Waals surface area contributed by atoms with Gasteiger partial charge in [0.25, 0.3) is 0 Å². The Morgan fingerprint density at radius 3 is 3.15 bits per heavy atom. The van der Waals surface area contributed by atoms with E-state index in [1.165, 1.54) is 0 Å². The highest BCUT2D eigenvalue weighted by molar-refractivity contribution is 5.28. The summed E-state index contributed by atoms with van der Waals surface area (Å²) in [5.41, 5.74) is 7.72. The van der Waals surface area contributed by atoms with E-state index in [0.717, 1.165) is 37.4 Å². The summed E-state index contributed by atoms with van der Waals surface area (Å²) in [7, 11) is 0. The Morgan fingerprint density at radius 1 is 1.54 bits per heavy atom. The first-order valence-electron chi connectivity index (χ1n) is 4.62. The molecule has 1 aromatic rings. The van der Waals surface area contributed by atoms with Crippen molar-refractivity contribution in [3.05, 3.63) is 17.6 Å². The third-order valence-corrected chi connectivity index (χ3v) is 2.44. The minimum Gasteiger partial charge on any atom is -0.382 e. The Kier molecular flexibility index (Phi) is 2.14. The fourth-order valence-electron chi connectivity index (χ4n) is 1.62. The standard InChI is InChI=1S/C9H14N4/c1-2-13-4-3-7-8(6-13)11-5-9(10)12-7/h5H,2-4,6H2,1H3,(H2,10,12). The molecule has 0 fully saturated rings. The number of nitrogens with two attached hydrogens (primary N) is 1. The van der Waals surface area contributed by atoms with Gasteiger partial charge in [-0.05, 0) is 6.54 Å². The zero-order valence-corrected chi connectivity index (χ0v) is 7.82. The molecule has 0 radical (unpaired) electrons. The van der Waals surface area contributed by atoms with E-state index in [1.807, 2.05) is 0 Å². The van der Waals surface area contributed by atoms with Gasteiger partial charge < -0.3 is 5.73 Å². The first-order chi connectivity index (χ1) is 6.29. The van der Waals surface area contributed by atoms with E-state index in [1.54, 1.807) is 6.20 Å². The van der Waals surface area contributed by atoms with Crippen LogP contribution >= 0.6 is 0 Å². The van der Waals surface area contributed by atoms with Gasteiger partial charge in [-0.3, -0.25) is 9.88 Å². The van der Waals surface area contributed by atoms with Crippen molar-refractivity contribution in [1.82, 2.24) is 14.9 Å². The van der Waals surface area contributed by atoms with E-state index in [2.05, 4.69) is 21.8 Å². The number of rotatable bonds is 1. The van der Waals surface area contributed by atoms with Crippen LogP contribution in [0.2, 0.25) is 0 Å². The zero-order valence-electron chi connectivity index (χ0n) is 7.82. The molecule has 4 heteroatoms. The molecule has 1 aliphatic heterocycles. The molecule has 1 aliphatic rings. The lowest BCUT2D eigenvalue weighted by Crippen LogP contribution is -2.31. The van der Waals surface area contributed by atoms with Gasteiger partial charge in [0.1, 0.15) is 5.82 Å². The van der Waals surface area contributed by atoms with Gasteiger partial charge in [0.15, 0.2) is 0 Å². The second-order valence-corrected chi connectivity index (χ2v) is 3.31. The summed E-state index contributed by atoms with van der Waals surface area (Å²) >= 11 is 0. The Bertz CT molecular complexity index is 310. The maximum atomic E-state index is 5.56. The number of anilines is 1. The summed E-state index contributed by atoms with van der Waals surface area (Å²) in [6.07, 6.45) is 2.61. The fraction of sp³-hybridized carbons (Fsp3) is 0.556. The largest absolute Gasteiger partial charge is 0.382 e. The number of fused-ring (bicyclic) bond motifs is 1. The molecule has 0 bridgehead atoms. The van der Waals surface area contributed by atoms with Crippen LogP contribution in [0.15, 0.2) is 6.20 Å². The van der Waals surface area contributed by atoms with E-state index in [0.29, 0.717) is 5.82 Å².